The normalized spacial score (nSPS) is 15.6. The fourth-order valence-corrected chi connectivity index (χ4v) is 3.67. The van der Waals surface area contributed by atoms with Crippen molar-refractivity contribution < 1.29 is 13.2 Å². The van der Waals surface area contributed by atoms with Gasteiger partial charge in [-0.05, 0) is 50.2 Å². The molecule has 0 bridgehead atoms. The van der Waals surface area contributed by atoms with Crippen LogP contribution in [0.5, 0.6) is 0 Å². The van der Waals surface area contributed by atoms with Crippen LogP contribution in [0.4, 0.5) is 18.9 Å². The first-order valence-corrected chi connectivity index (χ1v) is 9.40. The third-order valence-electron chi connectivity index (χ3n) is 4.80. The van der Waals surface area contributed by atoms with Gasteiger partial charge in [-0.1, -0.05) is 18.2 Å². The van der Waals surface area contributed by atoms with Crippen molar-refractivity contribution in [2.24, 2.45) is 7.05 Å². The molecule has 3 rings (SSSR count). The Morgan fingerprint density at radius 2 is 1.81 bits per heavy atom. The zero-order chi connectivity index (χ0) is 19.6. The first-order valence-electron chi connectivity index (χ1n) is 9.00. The molecule has 1 aromatic heterocycles. The summed E-state index contributed by atoms with van der Waals surface area (Å²) in [5.41, 5.74) is 2.35. The molecule has 0 amide bonds. The van der Waals surface area contributed by atoms with E-state index in [9.17, 15) is 13.2 Å². The predicted molar refractivity (Wildman–Crippen MR) is 101 cm³/mol. The molecule has 0 unspecified atom stereocenters. The van der Waals surface area contributed by atoms with Crippen LogP contribution >= 0.6 is 12.2 Å². The number of piperidine rings is 1. The van der Waals surface area contributed by atoms with Crippen molar-refractivity contribution in [3.63, 3.8) is 0 Å². The smallest absolute Gasteiger partial charge is 0.371 e. The summed E-state index contributed by atoms with van der Waals surface area (Å²) < 4.78 is 41.3. The maximum Gasteiger partial charge on any atom is 0.451 e. The number of halogens is 3. The lowest BCUT2D eigenvalue weighted by molar-refractivity contribution is -0.147. The van der Waals surface area contributed by atoms with Gasteiger partial charge in [0.25, 0.3) is 0 Å². The summed E-state index contributed by atoms with van der Waals surface area (Å²) >= 11 is 5.12. The number of aromatic nitrogens is 3. The maximum atomic E-state index is 13.0. The van der Waals surface area contributed by atoms with E-state index >= 15 is 0 Å². The standard InChI is InChI=1S/C18H24F3N5S/c1-23(13-26-17(27)24(2)16(22-26)18(19,20)21)12-14-8-4-5-9-15(14)25-10-6-3-7-11-25/h4-5,8-9H,3,6-7,10-13H2,1-2H3. The van der Waals surface area contributed by atoms with E-state index in [-0.39, 0.29) is 11.4 Å². The monoisotopic (exact) mass is 399 g/mol. The van der Waals surface area contributed by atoms with Gasteiger partial charge in [0.1, 0.15) is 0 Å². The Balaban J connectivity index is 1.76. The van der Waals surface area contributed by atoms with Gasteiger partial charge in [0.2, 0.25) is 5.82 Å². The molecule has 1 aliphatic rings. The molecular weight excluding hydrogens is 375 g/mol. The third-order valence-corrected chi connectivity index (χ3v) is 5.28. The Hall–Kier alpha value is -1.87. The second-order valence-corrected chi connectivity index (χ2v) is 7.36. The van der Waals surface area contributed by atoms with E-state index in [1.54, 1.807) is 0 Å². The molecule has 1 fully saturated rings. The van der Waals surface area contributed by atoms with E-state index in [0.29, 0.717) is 6.54 Å². The average Bonchev–Trinajstić information content (AvgIpc) is 2.91. The number of anilines is 1. The van der Waals surface area contributed by atoms with Crippen molar-refractivity contribution in [3.8, 4) is 0 Å². The SMILES string of the molecule is CN(Cc1ccccc1N1CCCCC1)Cn1nc(C(F)(F)F)n(C)c1=S. The van der Waals surface area contributed by atoms with Crippen molar-refractivity contribution in [2.75, 3.05) is 25.0 Å². The Kier molecular flexibility index (Phi) is 5.90. The van der Waals surface area contributed by atoms with Crippen LogP contribution in [-0.2, 0) is 26.4 Å². The van der Waals surface area contributed by atoms with Crippen molar-refractivity contribution >= 4 is 17.9 Å². The molecule has 1 saturated heterocycles. The van der Waals surface area contributed by atoms with Crippen LogP contribution in [0.15, 0.2) is 24.3 Å². The van der Waals surface area contributed by atoms with Gasteiger partial charge in [0.15, 0.2) is 4.77 Å². The van der Waals surface area contributed by atoms with Crippen molar-refractivity contribution in [1.82, 2.24) is 19.2 Å². The molecule has 0 saturated carbocycles. The van der Waals surface area contributed by atoms with E-state index in [4.69, 9.17) is 12.2 Å². The van der Waals surface area contributed by atoms with E-state index in [2.05, 4.69) is 22.1 Å². The van der Waals surface area contributed by atoms with Crippen LogP contribution in [0.2, 0.25) is 0 Å². The van der Waals surface area contributed by atoms with Gasteiger partial charge in [-0.2, -0.15) is 13.2 Å². The largest absolute Gasteiger partial charge is 0.451 e. The van der Waals surface area contributed by atoms with Crippen molar-refractivity contribution in [1.29, 1.82) is 0 Å². The molecular formula is C18H24F3N5S. The molecule has 1 aliphatic heterocycles. The van der Waals surface area contributed by atoms with Gasteiger partial charge in [-0.15, -0.1) is 5.10 Å². The zero-order valence-corrected chi connectivity index (χ0v) is 16.4. The highest BCUT2D eigenvalue weighted by Gasteiger charge is 2.37. The van der Waals surface area contributed by atoms with E-state index in [1.807, 2.05) is 24.1 Å². The number of hydrogen-bond donors (Lipinski definition) is 0. The summed E-state index contributed by atoms with van der Waals surface area (Å²) in [5, 5.41) is 3.67. The van der Waals surface area contributed by atoms with Crippen LogP contribution in [-0.4, -0.2) is 39.4 Å². The molecule has 2 heterocycles. The molecule has 0 radical (unpaired) electrons. The summed E-state index contributed by atoms with van der Waals surface area (Å²) in [4.78, 5) is 4.31. The number of alkyl halides is 3. The summed E-state index contributed by atoms with van der Waals surface area (Å²) in [7, 11) is 3.15. The third kappa shape index (κ3) is 4.52. The summed E-state index contributed by atoms with van der Waals surface area (Å²) in [6.07, 6.45) is -0.883. The second kappa shape index (κ2) is 8.02. The summed E-state index contributed by atoms with van der Waals surface area (Å²) in [6.45, 7) is 2.88. The Morgan fingerprint density at radius 3 is 2.44 bits per heavy atom. The highest BCUT2D eigenvalue weighted by Crippen LogP contribution is 2.28. The molecule has 148 valence electrons. The molecule has 1 aromatic carbocycles. The molecule has 5 nitrogen and oxygen atoms in total. The van der Waals surface area contributed by atoms with Crippen molar-refractivity contribution in [2.45, 2.75) is 38.7 Å². The molecule has 0 aliphatic carbocycles. The molecule has 0 spiro atoms. The van der Waals surface area contributed by atoms with Gasteiger partial charge in [-0.25, -0.2) is 4.68 Å². The van der Waals surface area contributed by atoms with E-state index < -0.39 is 12.0 Å². The molecule has 0 atom stereocenters. The quantitative estimate of drug-likeness (QED) is 0.710. The number of benzene rings is 1. The summed E-state index contributed by atoms with van der Waals surface area (Å²) in [5.74, 6) is -0.977. The minimum atomic E-state index is -4.52. The highest BCUT2D eigenvalue weighted by atomic mass is 32.1. The number of para-hydroxylation sites is 1. The van der Waals surface area contributed by atoms with Gasteiger partial charge < -0.3 is 4.90 Å². The first kappa shape index (κ1) is 19.9. The molecule has 9 heteroatoms. The van der Waals surface area contributed by atoms with Gasteiger partial charge >= 0.3 is 6.18 Å². The van der Waals surface area contributed by atoms with Crippen molar-refractivity contribution in [3.05, 3.63) is 40.4 Å². The van der Waals surface area contributed by atoms with Gasteiger partial charge in [-0.3, -0.25) is 9.47 Å². The number of nitrogens with zero attached hydrogens (tertiary/aromatic N) is 5. The van der Waals surface area contributed by atoms with Crippen LogP contribution in [0, 0.1) is 4.77 Å². The fourth-order valence-electron chi connectivity index (χ4n) is 3.48. The highest BCUT2D eigenvalue weighted by molar-refractivity contribution is 7.71. The van der Waals surface area contributed by atoms with Gasteiger partial charge in [0, 0.05) is 32.4 Å². The maximum absolute atomic E-state index is 13.0. The van der Waals surface area contributed by atoms with Crippen LogP contribution in [0.25, 0.3) is 0 Å². The number of rotatable bonds is 5. The Labute approximate surface area is 162 Å². The zero-order valence-electron chi connectivity index (χ0n) is 15.5. The number of hydrogen-bond acceptors (Lipinski definition) is 4. The lowest BCUT2D eigenvalue weighted by atomic mass is 10.1. The predicted octanol–water partition coefficient (Wildman–Crippen LogP) is 4.05. The second-order valence-electron chi connectivity index (χ2n) is 6.99. The topological polar surface area (TPSA) is 29.2 Å². The average molecular weight is 399 g/mol. The Bertz CT molecular complexity index is 836. The van der Waals surface area contributed by atoms with Crippen LogP contribution in [0.3, 0.4) is 0 Å². The van der Waals surface area contributed by atoms with E-state index in [0.717, 1.165) is 23.2 Å². The van der Waals surface area contributed by atoms with E-state index in [1.165, 1.54) is 36.7 Å². The van der Waals surface area contributed by atoms with Crippen LogP contribution in [0.1, 0.15) is 30.7 Å². The van der Waals surface area contributed by atoms with Crippen LogP contribution < -0.4 is 4.90 Å². The lowest BCUT2D eigenvalue weighted by Crippen LogP contribution is -2.31. The molecule has 0 N–H and O–H groups in total. The summed E-state index contributed by atoms with van der Waals surface area (Å²) in [6, 6.07) is 8.20. The van der Waals surface area contributed by atoms with Gasteiger partial charge in [0.05, 0.1) is 6.67 Å². The fraction of sp³-hybridized carbons (Fsp3) is 0.556. The minimum Gasteiger partial charge on any atom is -0.371 e. The molecule has 27 heavy (non-hydrogen) atoms. The Morgan fingerprint density at radius 1 is 1.15 bits per heavy atom. The molecule has 2 aromatic rings. The minimum absolute atomic E-state index is 0.0542. The first-order chi connectivity index (χ1) is 12.8. The lowest BCUT2D eigenvalue weighted by Gasteiger charge is -2.31.